The zero-order valence-corrected chi connectivity index (χ0v) is 10.6. The van der Waals surface area contributed by atoms with Crippen LogP contribution in [0.2, 0.25) is 0 Å². The molecule has 0 atom stereocenters. The number of carbonyl (C=O) groups is 1. The molecule has 1 aromatic heterocycles. The van der Waals surface area contributed by atoms with Crippen molar-refractivity contribution in [3.05, 3.63) is 47.0 Å². The molecule has 0 spiro atoms. The number of carbonyl (C=O) groups excluding carboxylic acids is 1. The number of fused-ring (bicyclic) bond motifs is 3. The lowest BCUT2D eigenvalue weighted by Crippen LogP contribution is -2.00. The van der Waals surface area contributed by atoms with E-state index in [0.29, 0.717) is 17.1 Å². The topological polar surface area (TPSA) is 39.2 Å². The maximum Gasteiger partial charge on any atom is 0.231 e. The average molecular weight is 239 g/mol. The minimum absolute atomic E-state index is 0.0347. The summed E-state index contributed by atoms with van der Waals surface area (Å²) in [5.41, 5.74) is 2.47. The number of hydrogen-bond donors (Lipinski definition) is 0. The smallest absolute Gasteiger partial charge is 0.231 e. The van der Waals surface area contributed by atoms with Gasteiger partial charge in [0.05, 0.1) is 5.56 Å². The summed E-state index contributed by atoms with van der Waals surface area (Å²) in [6.45, 7) is 5.70. The molecule has 0 N–H and O–H groups in total. The Balaban J connectivity index is 2.32. The number of allylic oxidation sites excluding steroid dienone is 2. The number of rotatable bonds is 0. The minimum atomic E-state index is -0.0347. The first-order valence-corrected chi connectivity index (χ1v) is 5.87. The molecule has 0 aliphatic carbocycles. The van der Waals surface area contributed by atoms with Gasteiger partial charge in [0, 0.05) is 17.3 Å². The molecule has 1 aromatic carbocycles. The predicted molar refractivity (Wildman–Crippen MR) is 69.8 cm³/mol. The molecule has 1 aliphatic rings. The van der Waals surface area contributed by atoms with Crippen LogP contribution in [0.4, 0.5) is 0 Å². The molecule has 1 aliphatic heterocycles. The summed E-state index contributed by atoms with van der Waals surface area (Å²) >= 11 is 0. The SMILES string of the molecule is CC(C)=C1Oc2c(ccc3cc(C)ncc23)C1=O. The molecular formula is C15H13NO2. The minimum Gasteiger partial charge on any atom is -0.452 e. The monoisotopic (exact) mass is 239 g/mol. The van der Waals surface area contributed by atoms with Crippen LogP contribution < -0.4 is 4.74 Å². The van der Waals surface area contributed by atoms with E-state index >= 15 is 0 Å². The lowest BCUT2D eigenvalue weighted by atomic mass is 10.0. The Bertz CT molecular complexity index is 710. The molecule has 3 rings (SSSR count). The molecular weight excluding hydrogens is 226 g/mol. The van der Waals surface area contributed by atoms with Crippen LogP contribution in [0.5, 0.6) is 5.75 Å². The van der Waals surface area contributed by atoms with Gasteiger partial charge in [0.15, 0.2) is 5.76 Å². The van der Waals surface area contributed by atoms with E-state index in [1.807, 2.05) is 39.0 Å². The quantitative estimate of drug-likeness (QED) is 0.661. The Morgan fingerprint density at radius 3 is 2.78 bits per heavy atom. The Morgan fingerprint density at radius 1 is 1.28 bits per heavy atom. The summed E-state index contributed by atoms with van der Waals surface area (Å²) < 4.78 is 5.72. The summed E-state index contributed by atoms with van der Waals surface area (Å²) in [4.78, 5) is 16.4. The molecule has 3 heteroatoms. The van der Waals surface area contributed by atoms with Gasteiger partial charge >= 0.3 is 0 Å². The van der Waals surface area contributed by atoms with Gasteiger partial charge < -0.3 is 4.74 Å². The molecule has 3 nitrogen and oxygen atoms in total. The van der Waals surface area contributed by atoms with Gasteiger partial charge in [-0.25, -0.2) is 0 Å². The van der Waals surface area contributed by atoms with Gasteiger partial charge in [0.2, 0.25) is 5.78 Å². The second kappa shape index (κ2) is 3.67. The van der Waals surface area contributed by atoms with Crippen molar-refractivity contribution in [2.24, 2.45) is 0 Å². The van der Waals surface area contributed by atoms with Crippen molar-refractivity contribution < 1.29 is 9.53 Å². The third kappa shape index (κ3) is 1.44. The number of nitrogens with zero attached hydrogens (tertiary/aromatic N) is 1. The first kappa shape index (κ1) is 11.0. The molecule has 0 amide bonds. The van der Waals surface area contributed by atoms with E-state index in [4.69, 9.17) is 4.74 Å². The zero-order chi connectivity index (χ0) is 12.9. The van der Waals surface area contributed by atoms with Gasteiger partial charge in [0.25, 0.3) is 0 Å². The van der Waals surface area contributed by atoms with Gasteiger partial charge in [0.1, 0.15) is 5.75 Å². The Kier molecular flexibility index (Phi) is 2.23. The fourth-order valence-electron chi connectivity index (χ4n) is 2.19. The van der Waals surface area contributed by atoms with Crippen LogP contribution in [0.25, 0.3) is 10.8 Å². The van der Waals surface area contributed by atoms with Crippen molar-refractivity contribution in [2.75, 3.05) is 0 Å². The largest absolute Gasteiger partial charge is 0.452 e. The highest BCUT2D eigenvalue weighted by molar-refractivity contribution is 6.16. The molecule has 2 aromatic rings. The molecule has 90 valence electrons. The molecule has 0 fully saturated rings. The zero-order valence-electron chi connectivity index (χ0n) is 10.6. The van der Waals surface area contributed by atoms with E-state index in [1.54, 1.807) is 6.20 Å². The van der Waals surface area contributed by atoms with Gasteiger partial charge in [-0.3, -0.25) is 9.78 Å². The first-order valence-electron chi connectivity index (χ1n) is 5.87. The van der Waals surface area contributed by atoms with Crippen molar-refractivity contribution in [1.82, 2.24) is 4.98 Å². The first-order chi connectivity index (χ1) is 8.58. The number of aromatic nitrogens is 1. The van der Waals surface area contributed by atoms with Crippen LogP contribution >= 0.6 is 0 Å². The number of hydrogen-bond acceptors (Lipinski definition) is 3. The molecule has 0 unspecified atom stereocenters. The normalized spacial score (nSPS) is 13.7. The van der Waals surface area contributed by atoms with Gasteiger partial charge in [-0.05, 0) is 43.9 Å². The van der Waals surface area contributed by atoms with Gasteiger partial charge in [-0.1, -0.05) is 6.07 Å². The number of aryl methyl sites for hydroxylation is 1. The van der Waals surface area contributed by atoms with Crippen LogP contribution in [0.15, 0.2) is 35.7 Å². The Hall–Kier alpha value is -2.16. The van der Waals surface area contributed by atoms with Crippen molar-refractivity contribution in [2.45, 2.75) is 20.8 Å². The maximum atomic E-state index is 12.1. The van der Waals surface area contributed by atoms with E-state index in [9.17, 15) is 4.79 Å². The summed E-state index contributed by atoms with van der Waals surface area (Å²) in [5.74, 6) is 1.05. The van der Waals surface area contributed by atoms with Crippen molar-refractivity contribution in [1.29, 1.82) is 0 Å². The third-order valence-corrected chi connectivity index (χ3v) is 3.10. The second-order valence-corrected chi connectivity index (χ2v) is 4.75. The van der Waals surface area contributed by atoms with Crippen LogP contribution in [0, 0.1) is 6.92 Å². The molecule has 2 heterocycles. The number of benzene rings is 1. The maximum absolute atomic E-state index is 12.1. The number of pyridine rings is 1. The number of ether oxygens (including phenoxy) is 1. The highest BCUT2D eigenvalue weighted by atomic mass is 16.5. The van der Waals surface area contributed by atoms with E-state index in [0.717, 1.165) is 22.0 Å². The van der Waals surface area contributed by atoms with Crippen LogP contribution in [0.3, 0.4) is 0 Å². The van der Waals surface area contributed by atoms with Crippen molar-refractivity contribution >= 4 is 16.6 Å². The predicted octanol–water partition coefficient (Wildman–Crippen LogP) is 3.41. The number of ketones is 1. The van der Waals surface area contributed by atoms with E-state index in [1.165, 1.54) is 0 Å². The standard InChI is InChI=1S/C15H13NO2/c1-8(2)14-13(17)11-5-4-10-6-9(3)16-7-12(10)15(11)18-14/h4-7H,1-3H3. The summed E-state index contributed by atoms with van der Waals surface area (Å²) in [6.07, 6.45) is 1.77. The lowest BCUT2D eigenvalue weighted by Gasteiger charge is -2.04. The molecule has 0 radical (unpaired) electrons. The highest BCUT2D eigenvalue weighted by Crippen LogP contribution is 2.38. The fourth-order valence-corrected chi connectivity index (χ4v) is 2.19. The Morgan fingerprint density at radius 2 is 2.06 bits per heavy atom. The molecule has 0 saturated heterocycles. The van der Waals surface area contributed by atoms with E-state index in [-0.39, 0.29) is 5.78 Å². The molecule has 0 saturated carbocycles. The van der Waals surface area contributed by atoms with Crippen LogP contribution in [-0.4, -0.2) is 10.8 Å². The van der Waals surface area contributed by atoms with Crippen molar-refractivity contribution in [3.8, 4) is 5.75 Å². The highest BCUT2D eigenvalue weighted by Gasteiger charge is 2.29. The van der Waals surface area contributed by atoms with Gasteiger partial charge in [-0.15, -0.1) is 0 Å². The van der Waals surface area contributed by atoms with Crippen LogP contribution in [0.1, 0.15) is 29.9 Å². The van der Waals surface area contributed by atoms with Crippen molar-refractivity contribution in [3.63, 3.8) is 0 Å². The van der Waals surface area contributed by atoms with E-state index < -0.39 is 0 Å². The summed E-state index contributed by atoms with van der Waals surface area (Å²) in [7, 11) is 0. The average Bonchev–Trinajstić information content (AvgIpc) is 2.67. The lowest BCUT2D eigenvalue weighted by molar-refractivity contribution is 0.101. The van der Waals surface area contributed by atoms with Crippen LogP contribution in [-0.2, 0) is 0 Å². The van der Waals surface area contributed by atoms with Gasteiger partial charge in [-0.2, -0.15) is 0 Å². The van der Waals surface area contributed by atoms with E-state index in [2.05, 4.69) is 4.98 Å². The Labute approximate surface area is 105 Å². The second-order valence-electron chi connectivity index (χ2n) is 4.75. The summed E-state index contributed by atoms with van der Waals surface area (Å²) in [5, 5.41) is 1.94. The third-order valence-electron chi connectivity index (χ3n) is 3.10. The molecule has 18 heavy (non-hydrogen) atoms. The molecule has 0 bridgehead atoms. The number of Topliss-reactive ketones (excluding diaryl/α,β-unsaturated/α-hetero) is 1. The fraction of sp³-hybridized carbons (Fsp3) is 0.200. The summed E-state index contributed by atoms with van der Waals surface area (Å²) in [6, 6.07) is 5.76.